The van der Waals surface area contributed by atoms with Crippen molar-refractivity contribution in [1.29, 1.82) is 0 Å². The van der Waals surface area contributed by atoms with Gasteiger partial charge in [0.25, 0.3) is 0 Å². The predicted octanol–water partition coefficient (Wildman–Crippen LogP) is 3.45. The second-order valence-corrected chi connectivity index (χ2v) is 6.80. The van der Waals surface area contributed by atoms with Crippen LogP contribution >= 0.6 is 0 Å². The molecule has 0 heterocycles. The Balaban J connectivity index is 0. The molecule has 126 valence electrons. The molecule has 1 aliphatic carbocycles. The fraction of sp³-hybridized carbons (Fsp3) is 0.900. The summed E-state index contributed by atoms with van der Waals surface area (Å²) in [4.78, 5) is 2.75. The van der Waals surface area contributed by atoms with E-state index in [-0.39, 0.29) is 20.3 Å². The van der Waals surface area contributed by atoms with Crippen LogP contribution in [0.15, 0.2) is 12.2 Å². The summed E-state index contributed by atoms with van der Waals surface area (Å²) in [6.45, 7) is 7.25. The van der Waals surface area contributed by atoms with E-state index < -0.39 is 0 Å². The van der Waals surface area contributed by atoms with Crippen LogP contribution in [0.3, 0.4) is 0 Å². The summed E-state index contributed by atoms with van der Waals surface area (Å²) in [5.74, 6) is 0. The van der Waals surface area contributed by atoms with E-state index in [4.69, 9.17) is 0 Å². The number of hydrogen-bond acceptors (Lipinski definition) is 1. The molecule has 0 aromatic heterocycles. The maximum atomic E-state index is 2.75. The number of nitrogens with zero attached hydrogens (tertiary/aromatic N) is 1. The summed E-state index contributed by atoms with van der Waals surface area (Å²) < 4.78 is 0. The molecule has 0 spiro atoms. The van der Waals surface area contributed by atoms with E-state index >= 15 is 0 Å². The molecule has 1 atom stereocenters. The molecule has 0 aliphatic heterocycles. The van der Waals surface area contributed by atoms with E-state index in [0.717, 1.165) is 6.04 Å². The monoisotopic (exact) mass is 301 g/mol. The zero-order valence-corrected chi connectivity index (χ0v) is 15.8. The molecule has 0 saturated heterocycles. The zero-order chi connectivity index (χ0) is 15.2. The Morgan fingerprint density at radius 2 is 1.18 bits per heavy atom. The van der Waals surface area contributed by atoms with Gasteiger partial charge in [-0.15, -0.1) is 0 Å². The number of unbranched alkanes of at least 4 members (excludes halogenated alkanes) is 10. The Kier molecular flexibility index (Phi) is 16.4. The number of hydrogen-bond donors (Lipinski definition) is 0. The standard InChI is InChI=1S/C20H39N.Li.H/c1-3-5-7-9-11-13-18-21(20-16-15-17-20)19-14-12-10-8-6-4-2;;/h15-16,20H,3-14,17-19H2,1-2H3;;/q;+1;-1. The first kappa shape index (κ1) is 22.3. The van der Waals surface area contributed by atoms with Crippen molar-refractivity contribution in [1.82, 2.24) is 4.90 Å². The summed E-state index contributed by atoms with van der Waals surface area (Å²) in [7, 11) is 0. The van der Waals surface area contributed by atoms with Gasteiger partial charge in [-0.1, -0.05) is 90.2 Å². The van der Waals surface area contributed by atoms with Crippen molar-refractivity contribution in [2.24, 2.45) is 0 Å². The maximum absolute atomic E-state index is 2.75. The molecular formula is C20H40LiN. The quantitative estimate of drug-likeness (QED) is 0.254. The van der Waals surface area contributed by atoms with Crippen LogP contribution in [0.1, 0.15) is 98.7 Å². The fourth-order valence-electron chi connectivity index (χ4n) is 3.16. The Morgan fingerprint density at radius 1 is 0.773 bits per heavy atom. The van der Waals surface area contributed by atoms with Crippen LogP contribution in [-0.2, 0) is 0 Å². The summed E-state index contributed by atoms with van der Waals surface area (Å²) in [6, 6.07) is 0.774. The first-order valence-electron chi connectivity index (χ1n) is 9.79. The van der Waals surface area contributed by atoms with E-state index in [2.05, 4.69) is 30.9 Å². The van der Waals surface area contributed by atoms with Gasteiger partial charge in [0.15, 0.2) is 0 Å². The molecule has 0 saturated carbocycles. The third kappa shape index (κ3) is 10.9. The number of rotatable bonds is 15. The second kappa shape index (κ2) is 16.2. The van der Waals surface area contributed by atoms with E-state index in [9.17, 15) is 0 Å². The van der Waals surface area contributed by atoms with E-state index in [1.54, 1.807) is 0 Å². The van der Waals surface area contributed by atoms with Gasteiger partial charge in [0.1, 0.15) is 0 Å². The molecule has 1 nitrogen and oxygen atoms in total. The normalized spacial score (nSPS) is 16.6. The van der Waals surface area contributed by atoms with Gasteiger partial charge in [-0.3, -0.25) is 4.90 Å². The molecule has 0 aromatic rings. The first-order valence-corrected chi connectivity index (χ1v) is 9.79. The first-order chi connectivity index (χ1) is 10.4. The third-order valence-electron chi connectivity index (χ3n) is 4.80. The summed E-state index contributed by atoms with van der Waals surface area (Å²) in [5.41, 5.74) is 0. The zero-order valence-electron chi connectivity index (χ0n) is 16.8. The van der Waals surface area contributed by atoms with Crippen LogP contribution in [-0.4, -0.2) is 24.0 Å². The van der Waals surface area contributed by atoms with Crippen molar-refractivity contribution in [2.75, 3.05) is 13.1 Å². The van der Waals surface area contributed by atoms with E-state index in [1.807, 2.05) is 0 Å². The van der Waals surface area contributed by atoms with Gasteiger partial charge in [0.2, 0.25) is 0 Å². The molecule has 0 amide bonds. The van der Waals surface area contributed by atoms with Gasteiger partial charge in [-0.25, -0.2) is 0 Å². The Labute approximate surface area is 154 Å². The largest absolute Gasteiger partial charge is 1.00 e. The minimum Gasteiger partial charge on any atom is -1.00 e. The summed E-state index contributed by atoms with van der Waals surface area (Å²) >= 11 is 0. The van der Waals surface area contributed by atoms with Crippen LogP contribution in [0, 0.1) is 0 Å². The van der Waals surface area contributed by atoms with Crippen molar-refractivity contribution in [2.45, 2.75) is 103 Å². The van der Waals surface area contributed by atoms with Crippen LogP contribution in [0.5, 0.6) is 0 Å². The summed E-state index contributed by atoms with van der Waals surface area (Å²) in [5, 5.41) is 0. The molecule has 0 radical (unpaired) electrons. The molecule has 1 unspecified atom stereocenters. The van der Waals surface area contributed by atoms with Crippen LogP contribution in [0.25, 0.3) is 0 Å². The smallest absolute Gasteiger partial charge is 1.00 e. The minimum absolute atomic E-state index is 0. The van der Waals surface area contributed by atoms with Gasteiger partial charge in [-0.05, 0) is 32.4 Å². The maximum Gasteiger partial charge on any atom is 1.00 e. The van der Waals surface area contributed by atoms with Gasteiger partial charge >= 0.3 is 18.9 Å². The Morgan fingerprint density at radius 3 is 1.55 bits per heavy atom. The molecule has 0 bridgehead atoms. The SMILES string of the molecule is CCCCCCCCN(CCCCCCCC)C1C=CC1.[H-].[Li+]. The van der Waals surface area contributed by atoms with Crippen molar-refractivity contribution in [3.05, 3.63) is 12.2 Å². The van der Waals surface area contributed by atoms with Crippen molar-refractivity contribution < 1.29 is 20.3 Å². The Hall–Kier alpha value is 0.297. The molecule has 0 N–H and O–H groups in total. The third-order valence-corrected chi connectivity index (χ3v) is 4.80. The molecule has 2 heteroatoms. The van der Waals surface area contributed by atoms with E-state index in [1.165, 1.54) is 96.6 Å². The molecule has 0 fully saturated rings. The van der Waals surface area contributed by atoms with Crippen LogP contribution in [0.2, 0.25) is 0 Å². The average molecular weight is 301 g/mol. The minimum atomic E-state index is 0. The predicted molar refractivity (Wildman–Crippen MR) is 97.0 cm³/mol. The van der Waals surface area contributed by atoms with Crippen LogP contribution < -0.4 is 18.9 Å². The van der Waals surface area contributed by atoms with Gasteiger partial charge in [0.05, 0.1) is 0 Å². The van der Waals surface area contributed by atoms with E-state index in [0.29, 0.717) is 0 Å². The van der Waals surface area contributed by atoms with Crippen LogP contribution in [0.4, 0.5) is 0 Å². The Bertz CT molecular complexity index is 242. The fourth-order valence-corrected chi connectivity index (χ4v) is 3.16. The van der Waals surface area contributed by atoms with Gasteiger partial charge < -0.3 is 1.43 Å². The molecule has 22 heavy (non-hydrogen) atoms. The van der Waals surface area contributed by atoms with Crippen molar-refractivity contribution in [3.63, 3.8) is 0 Å². The van der Waals surface area contributed by atoms with Crippen molar-refractivity contribution >= 4 is 0 Å². The van der Waals surface area contributed by atoms with Gasteiger partial charge in [0, 0.05) is 6.04 Å². The molecule has 1 rings (SSSR count). The molecular weight excluding hydrogens is 261 g/mol. The molecule has 0 aromatic carbocycles. The van der Waals surface area contributed by atoms with Gasteiger partial charge in [-0.2, -0.15) is 0 Å². The summed E-state index contributed by atoms with van der Waals surface area (Å²) in [6.07, 6.45) is 23.1. The second-order valence-electron chi connectivity index (χ2n) is 6.80. The van der Waals surface area contributed by atoms with Crippen molar-refractivity contribution in [3.8, 4) is 0 Å². The topological polar surface area (TPSA) is 3.24 Å². The molecule has 1 aliphatic rings. The average Bonchev–Trinajstić information content (AvgIpc) is 2.44.